The molecule has 0 radical (unpaired) electrons. The lowest BCUT2D eigenvalue weighted by Gasteiger charge is -2.63. The van der Waals surface area contributed by atoms with E-state index in [0.717, 1.165) is 37.6 Å². The molecular formula is C50H59ClN8O7. The van der Waals surface area contributed by atoms with Crippen LogP contribution in [-0.2, 0) is 9.59 Å². The number of ketones is 1. The molecular weight excluding hydrogens is 860 g/mol. The van der Waals surface area contributed by atoms with Crippen molar-refractivity contribution in [2.24, 2.45) is 28.6 Å². The Labute approximate surface area is 391 Å². The number of nitrogens with one attached hydrogen (secondary N) is 2. The number of hydrogen-bond acceptors (Lipinski definition) is 13. The van der Waals surface area contributed by atoms with Gasteiger partial charge >= 0.3 is 0 Å². The topological polar surface area (TPSA) is 207 Å². The van der Waals surface area contributed by atoms with Crippen molar-refractivity contribution in [3.05, 3.63) is 99.9 Å². The summed E-state index contributed by atoms with van der Waals surface area (Å²) in [4.78, 5) is 50.3. The number of pyridine rings is 1. The molecule has 3 N–H and O–H groups in total. The number of amides is 2. The molecule has 3 aliphatic rings. The van der Waals surface area contributed by atoms with Gasteiger partial charge in [0, 0.05) is 73.8 Å². The molecule has 3 fully saturated rings. The van der Waals surface area contributed by atoms with E-state index in [1.807, 2.05) is 26.8 Å². The van der Waals surface area contributed by atoms with Gasteiger partial charge in [-0.3, -0.25) is 19.3 Å². The number of piperazine rings is 1. The highest BCUT2D eigenvalue weighted by Gasteiger charge is 2.64. The zero-order valence-electron chi connectivity index (χ0n) is 38.6. The van der Waals surface area contributed by atoms with Crippen molar-refractivity contribution in [2.45, 2.75) is 91.5 Å². The number of nitrogens with zero attached hydrogens (tertiary/aromatic N) is 6. The minimum Gasteiger partial charge on any atom is -0.489 e. The zero-order chi connectivity index (χ0) is 47.5. The van der Waals surface area contributed by atoms with E-state index in [9.17, 15) is 24.8 Å². The molecule has 15 nitrogen and oxygen atoms in total. The molecule has 66 heavy (non-hydrogen) atoms. The summed E-state index contributed by atoms with van der Waals surface area (Å²) in [6, 6.07) is 21.0. The highest BCUT2D eigenvalue weighted by Crippen LogP contribution is 2.55. The fraction of sp³-hybridized carbons (Fsp3) is 0.500. The van der Waals surface area contributed by atoms with E-state index < -0.39 is 34.7 Å². The van der Waals surface area contributed by atoms with Crippen molar-refractivity contribution in [3.8, 4) is 23.8 Å². The molecule has 1 aliphatic heterocycles. The monoisotopic (exact) mass is 918 g/mol. The molecule has 3 heterocycles. The van der Waals surface area contributed by atoms with E-state index in [-0.39, 0.29) is 60.4 Å². The first-order valence-corrected chi connectivity index (χ1v) is 23.0. The van der Waals surface area contributed by atoms with E-state index in [2.05, 4.69) is 70.4 Å². The fourth-order valence-corrected chi connectivity index (χ4v) is 10.6. The highest BCUT2D eigenvalue weighted by atomic mass is 35.5. The van der Waals surface area contributed by atoms with E-state index in [1.54, 1.807) is 60.8 Å². The number of carbonyl (C=O) groups excluding carboxylic acids is 3. The molecule has 4 aromatic rings. The molecule has 2 aromatic carbocycles. The molecule has 2 amide bonds. The summed E-state index contributed by atoms with van der Waals surface area (Å²) < 4.78 is 18.1. The van der Waals surface area contributed by atoms with Gasteiger partial charge in [-0.1, -0.05) is 65.3 Å². The van der Waals surface area contributed by atoms with Gasteiger partial charge in [-0.25, -0.2) is 4.98 Å². The number of halogens is 1. The van der Waals surface area contributed by atoms with E-state index >= 15 is 0 Å². The maximum atomic E-state index is 14.2. The van der Waals surface area contributed by atoms with Gasteiger partial charge < -0.3 is 34.6 Å². The average molecular weight is 920 g/mol. The van der Waals surface area contributed by atoms with Crippen LogP contribution in [0.2, 0.25) is 5.02 Å². The van der Waals surface area contributed by atoms with Crippen molar-refractivity contribution < 1.29 is 33.5 Å². The average Bonchev–Trinajstić information content (AvgIpc) is 3.93. The predicted molar refractivity (Wildman–Crippen MR) is 247 cm³/mol. The molecule has 0 bridgehead atoms. The van der Waals surface area contributed by atoms with Crippen LogP contribution in [-0.4, -0.2) is 95.3 Å². The van der Waals surface area contributed by atoms with Gasteiger partial charge in [0.25, 0.3) is 11.8 Å². The summed E-state index contributed by atoms with van der Waals surface area (Å²) in [5.74, 6) is -0.906. The fourth-order valence-electron chi connectivity index (χ4n) is 10.4. The Morgan fingerprint density at radius 1 is 0.939 bits per heavy atom. The molecule has 2 aromatic heterocycles. The number of carbonyl (C=O) groups is 3. The standard InChI is InChI=1S/C50H59ClN8O7/c1-29(2)43(44(61)37-22-35(60)23-38(37)46(63)55-30(3)32-10-8-31(26-52)9-11-32)40-25-42(57-66-40)64-21-20-58-16-18-59(19-17-58)41-15-13-34(28-54-41)45(62)56-47-49(4,5)48(50(47,6)7)65-36-14-12-33(27-53)39(51)24-36/h8-15,24-25,28-30,35,37-38,43,47-48,60H,16-23H2,1-7H3,(H,55,63)(H,56,62)/t30-,35-,37?,38+,43-,47?,48?/m0/s1. The normalized spacial score (nSPS) is 23.2. The van der Waals surface area contributed by atoms with Crippen LogP contribution in [0.3, 0.4) is 0 Å². The quantitative estimate of drug-likeness (QED) is 0.105. The second kappa shape index (κ2) is 19.8. The molecule has 7 rings (SSSR count). The van der Waals surface area contributed by atoms with E-state index in [1.165, 1.54) is 0 Å². The Hall–Kier alpha value is -6.00. The van der Waals surface area contributed by atoms with Crippen molar-refractivity contribution in [1.82, 2.24) is 25.7 Å². The first-order chi connectivity index (χ1) is 31.4. The minimum absolute atomic E-state index is 0.166. The van der Waals surface area contributed by atoms with E-state index in [4.69, 9.17) is 30.9 Å². The highest BCUT2D eigenvalue weighted by molar-refractivity contribution is 6.31. The molecule has 1 unspecified atom stereocenters. The van der Waals surface area contributed by atoms with Crippen molar-refractivity contribution >= 4 is 35.0 Å². The number of anilines is 1. The Morgan fingerprint density at radius 2 is 1.64 bits per heavy atom. The van der Waals surface area contributed by atoms with Gasteiger partial charge in [0.2, 0.25) is 5.91 Å². The number of hydrogen-bond donors (Lipinski definition) is 3. The lowest BCUT2D eigenvalue weighted by molar-refractivity contribution is -0.164. The maximum Gasteiger partial charge on any atom is 0.254 e. The predicted octanol–water partition coefficient (Wildman–Crippen LogP) is 6.85. The summed E-state index contributed by atoms with van der Waals surface area (Å²) >= 11 is 6.25. The minimum atomic E-state index is -0.780. The van der Waals surface area contributed by atoms with Crippen molar-refractivity contribution in [2.75, 3.05) is 44.2 Å². The Morgan fingerprint density at radius 3 is 2.26 bits per heavy atom. The number of aromatic nitrogens is 2. The zero-order valence-corrected chi connectivity index (χ0v) is 39.3. The van der Waals surface area contributed by atoms with Gasteiger partial charge in [-0.05, 0) is 72.8 Å². The number of aliphatic hydroxyl groups is 1. The van der Waals surface area contributed by atoms with Gasteiger partial charge in [0.1, 0.15) is 36.1 Å². The van der Waals surface area contributed by atoms with Gasteiger partial charge in [-0.2, -0.15) is 10.5 Å². The molecule has 16 heteroatoms. The second-order valence-corrected chi connectivity index (χ2v) is 19.8. The Bertz CT molecular complexity index is 2450. The third-order valence-corrected chi connectivity index (χ3v) is 14.0. The summed E-state index contributed by atoms with van der Waals surface area (Å²) in [5, 5.41) is 39.7. The summed E-state index contributed by atoms with van der Waals surface area (Å²) in [6.07, 6.45) is 0.995. The van der Waals surface area contributed by atoms with Gasteiger partial charge in [0.15, 0.2) is 5.76 Å². The van der Waals surface area contributed by atoms with Crippen LogP contribution in [0.4, 0.5) is 5.82 Å². The smallest absolute Gasteiger partial charge is 0.254 e. The lowest BCUT2D eigenvalue weighted by atomic mass is 9.49. The molecule has 348 valence electrons. The number of rotatable bonds is 16. The summed E-state index contributed by atoms with van der Waals surface area (Å²) in [6.45, 7) is 18.0. The van der Waals surface area contributed by atoms with Crippen molar-refractivity contribution in [1.29, 1.82) is 10.5 Å². The maximum absolute atomic E-state index is 14.2. The molecule has 2 aliphatic carbocycles. The number of benzene rings is 2. The molecule has 5 atom stereocenters. The van der Waals surface area contributed by atoms with Crippen LogP contribution in [0.15, 0.2) is 71.4 Å². The molecule has 0 spiro atoms. The van der Waals surface area contributed by atoms with Gasteiger partial charge in [0.05, 0.1) is 51.8 Å². The third-order valence-electron chi connectivity index (χ3n) is 13.7. The van der Waals surface area contributed by atoms with Crippen LogP contribution < -0.4 is 25.0 Å². The van der Waals surface area contributed by atoms with Crippen LogP contribution in [0.1, 0.15) is 106 Å². The SMILES string of the molecule is CC(C)[C@H](C(=O)C1C[C@H](O)C[C@H]1C(=O)N[C@@H](C)c1ccc(C#N)cc1)c1cc(OCCN2CCN(c3ccc(C(=O)NC4C(C)(C)C(Oc5ccc(C#N)c(Cl)c5)C4(C)C)cn3)CC2)no1. The Kier molecular flexibility index (Phi) is 14.4. The Balaban J connectivity index is 0.861. The largest absolute Gasteiger partial charge is 0.489 e. The number of nitriles is 2. The lowest BCUT2D eigenvalue weighted by Crippen LogP contribution is -2.74. The van der Waals surface area contributed by atoms with Crippen LogP contribution in [0.5, 0.6) is 11.6 Å². The number of Topliss-reactive ketones (excluding diaryl/α,β-unsaturated/α-hetero) is 1. The molecule has 1 saturated heterocycles. The molecule has 2 saturated carbocycles. The van der Waals surface area contributed by atoms with Crippen molar-refractivity contribution in [3.63, 3.8) is 0 Å². The number of aliphatic hydroxyl groups excluding tert-OH is 1. The van der Waals surface area contributed by atoms with Gasteiger partial charge in [-0.15, -0.1) is 0 Å². The van der Waals surface area contributed by atoms with Crippen LogP contribution >= 0.6 is 11.6 Å². The second-order valence-electron chi connectivity index (χ2n) is 19.4. The number of ether oxygens (including phenoxy) is 2. The van der Waals surface area contributed by atoms with Crippen LogP contribution in [0.25, 0.3) is 0 Å². The van der Waals surface area contributed by atoms with E-state index in [0.29, 0.717) is 46.4 Å². The summed E-state index contributed by atoms with van der Waals surface area (Å²) in [7, 11) is 0. The first kappa shape index (κ1) is 47.9. The third kappa shape index (κ3) is 10.2. The van der Waals surface area contributed by atoms with Crippen LogP contribution in [0, 0.1) is 51.2 Å². The summed E-state index contributed by atoms with van der Waals surface area (Å²) in [5.41, 5.74) is 1.43. The first-order valence-electron chi connectivity index (χ1n) is 22.6.